The summed E-state index contributed by atoms with van der Waals surface area (Å²) in [6.07, 6.45) is 1.95. The fraction of sp³-hybridized carbons (Fsp3) is 0.409. The summed E-state index contributed by atoms with van der Waals surface area (Å²) in [5, 5.41) is 15.5. The zero-order chi connectivity index (χ0) is 20.9. The van der Waals surface area contributed by atoms with Gasteiger partial charge in [0.15, 0.2) is 11.8 Å². The molecule has 1 atom stereocenters. The van der Waals surface area contributed by atoms with Crippen LogP contribution in [0.25, 0.3) is 0 Å². The van der Waals surface area contributed by atoms with Gasteiger partial charge in [-0.1, -0.05) is 25.1 Å². The monoisotopic (exact) mass is 552 g/mol. The number of thiophene rings is 1. The lowest BCUT2D eigenvalue weighted by Gasteiger charge is -2.28. The number of para-hydroxylation sites is 1. The predicted molar refractivity (Wildman–Crippen MR) is 135 cm³/mol. The largest absolute Gasteiger partial charge is 0.493 e. The molecule has 1 aromatic carbocycles. The number of guanidine groups is 1. The van der Waals surface area contributed by atoms with Crippen molar-refractivity contribution in [2.24, 2.45) is 12.0 Å². The van der Waals surface area contributed by atoms with Gasteiger partial charge in [-0.15, -0.1) is 45.5 Å². The maximum Gasteiger partial charge on any atom is 0.192 e. The quantitative estimate of drug-likeness (QED) is 0.274. The molecule has 1 aliphatic rings. The van der Waals surface area contributed by atoms with Gasteiger partial charge >= 0.3 is 0 Å². The van der Waals surface area contributed by atoms with E-state index >= 15 is 0 Å². The van der Waals surface area contributed by atoms with Gasteiger partial charge in [0.2, 0.25) is 0 Å². The molecule has 0 bridgehead atoms. The first kappa shape index (κ1) is 23.5. The van der Waals surface area contributed by atoms with Crippen LogP contribution >= 0.6 is 35.3 Å². The highest BCUT2D eigenvalue weighted by molar-refractivity contribution is 14.0. The van der Waals surface area contributed by atoms with Crippen molar-refractivity contribution in [2.45, 2.75) is 45.8 Å². The van der Waals surface area contributed by atoms with Gasteiger partial charge in [0, 0.05) is 28.8 Å². The smallest absolute Gasteiger partial charge is 0.192 e. The number of hydrogen-bond donors (Lipinski definition) is 2. The molecule has 3 heterocycles. The maximum atomic E-state index is 5.81. The number of halogens is 1. The van der Waals surface area contributed by atoms with Crippen molar-refractivity contribution in [3.05, 3.63) is 63.4 Å². The third-order valence-electron chi connectivity index (χ3n) is 5.33. The summed E-state index contributed by atoms with van der Waals surface area (Å²) in [5.74, 6) is 3.43. The number of nitrogens with one attached hydrogen (secondary N) is 2. The number of fused-ring (bicyclic) bond motifs is 1. The number of ether oxygens (including phenoxy) is 1. The van der Waals surface area contributed by atoms with E-state index in [0.717, 1.165) is 48.3 Å². The first-order valence-electron chi connectivity index (χ1n) is 10.3. The Morgan fingerprint density at radius 2 is 2.03 bits per heavy atom. The van der Waals surface area contributed by atoms with Gasteiger partial charge in [0.05, 0.1) is 19.2 Å². The Balaban J connectivity index is 0.00000272. The summed E-state index contributed by atoms with van der Waals surface area (Å²) < 4.78 is 7.78. The van der Waals surface area contributed by atoms with Crippen LogP contribution in [0.1, 0.15) is 46.4 Å². The van der Waals surface area contributed by atoms with E-state index in [9.17, 15) is 0 Å². The van der Waals surface area contributed by atoms with Gasteiger partial charge in [-0.3, -0.25) is 0 Å². The van der Waals surface area contributed by atoms with Crippen LogP contribution < -0.4 is 15.4 Å². The first-order valence-corrected chi connectivity index (χ1v) is 11.1. The van der Waals surface area contributed by atoms with Crippen molar-refractivity contribution in [3.63, 3.8) is 0 Å². The van der Waals surface area contributed by atoms with E-state index in [1.807, 2.05) is 48.1 Å². The second-order valence-corrected chi connectivity index (χ2v) is 8.59. The third kappa shape index (κ3) is 5.76. The standard InChI is InChI=1S/C22H28N6OS.HI/c1-4-16-9-10-17(30-16)13-23-22(24-14-21-27-26-15(2)28(21)3)25-19-11-12-29-20-8-6-5-7-18(19)20;/h5-10,19H,4,11-14H2,1-3H3,(H2,23,24,25);1H. The Morgan fingerprint density at radius 3 is 2.77 bits per heavy atom. The average molecular weight is 552 g/mol. The molecule has 9 heteroatoms. The molecular weight excluding hydrogens is 523 g/mol. The van der Waals surface area contributed by atoms with E-state index in [4.69, 9.17) is 9.73 Å². The second kappa shape index (κ2) is 10.9. The van der Waals surface area contributed by atoms with Crippen molar-refractivity contribution < 1.29 is 4.74 Å². The Labute approximate surface area is 204 Å². The molecule has 4 rings (SSSR count). The van der Waals surface area contributed by atoms with Crippen molar-refractivity contribution in [1.82, 2.24) is 25.4 Å². The fourth-order valence-corrected chi connectivity index (χ4v) is 4.32. The molecule has 0 amide bonds. The van der Waals surface area contributed by atoms with Gasteiger partial charge in [0.1, 0.15) is 18.1 Å². The van der Waals surface area contributed by atoms with Crippen LogP contribution in [-0.2, 0) is 26.6 Å². The molecule has 1 aliphatic heterocycles. The number of hydrogen-bond acceptors (Lipinski definition) is 5. The SMILES string of the molecule is CCc1ccc(CNC(=NCc2nnc(C)n2C)NC2CCOc3ccccc32)s1.I. The Morgan fingerprint density at radius 1 is 1.23 bits per heavy atom. The van der Waals surface area contributed by atoms with Gasteiger partial charge in [0.25, 0.3) is 0 Å². The lowest BCUT2D eigenvalue weighted by Crippen LogP contribution is -2.40. The molecule has 0 spiro atoms. The number of benzene rings is 1. The fourth-order valence-electron chi connectivity index (χ4n) is 3.43. The van der Waals surface area contributed by atoms with E-state index < -0.39 is 0 Å². The Kier molecular flexibility index (Phi) is 8.30. The number of aliphatic imine (C=N–C) groups is 1. The van der Waals surface area contributed by atoms with Crippen LogP contribution in [0.2, 0.25) is 0 Å². The topological polar surface area (TPSA) is 76.4 Å². The molecule has 2 aromatic heterocycles. The van der Waals surface area contributed by atoms with Gasteiger partial charge in [-0.05, 0) is 31.5 Å². The highest BCUT2D eigenvalue weighted by Gasteiger charge is 2.22. The number of aryl methyl sites for hydroxylation is 2. The summed E-state index contributed by atoms with van der Waals surface area (Å²) in [4.78, 5) is 7.50. The van der Waals surface area contributed by atoms with Crippen molar-refractivity contribution in [1.29, 1.82) is 0 Å². The number of aromatic nitrogens is 3. The van der Waals surface area contributed by atoms with Gasteiger partial charge in [-0.25, -0.2) is 4.99 Å². The predicted octanol–water partition coefficient (Wildman–Crippen LogP) is 4.12. The number of rotatable bonds is 6. The summed E-state index contributed by atoms with van der Waals surface area (Å²) >= 11 is 1.84. The van der Waals surface area contributed by atoms with Crippen molar-refractivity contribution >= 4 is 41.3 Å². The lowest BCUT2D eigenvalue weighted by atomic mass is 10.0. The molecule has 1 unspecified atom stereocenters. The van der Waals surface area contributed by atoms with E-state index in [1.165, 1.54) is 9.75 Å². The van der Waals surface area contributed by atoms with Crippen molar-refractivity contribution in [3.8, 4) is 5.75 Å². The highest BCUT2D eigenvalue weighted by atomic mass is 127. The normalized spacial score (nSPS) is 15.6. The Bertz CT molecular complexity index is 1030. The van der Waals surface area contributed by atoms with Crippen LogP contribution in [-0.4, -0.2) is 27.3 Å². The van der Waals surface area contributed by atoms with Crippen LogP contribution in [0, 0.1) is 6.92 Å². The highest BCUT2D eigenvalue weighted by Crippen LogP contribution is 2.31. The van der Waals surface area contributed by atoms with E-state index in [0.29, 0.717) is 13.2 Å². The molecule has 166 valence electrons. The third-order valence-corrected chi connectivity index (χ3v) is 6.56. The van der Waals surface area contributed by atoms with Crippen LogP contribution in [0.4, 0.5) is 0 Å². The first-order chi connectivity index (χ1) is 14.6. The van der Waals surface area contributed by atoms with E-state index in [-0.39, 0.29) is 30.0 Å². The summed E-state index contributed by atoms with van der Waals surface area (Å²) in [7, 11) is 1.97. The lowest BCUT2D eigenvalue weighted by molar-refractivity contribution is 0.261. The summed E-state index contributed by atoms with van der Waals surface area (Å²) in [6.45, 7) is 6.01. The van der Waals surface area contributed by atoms with Gasteiger partial charge < -0.3 is 19.9 Å². The van der Waals surface area contributed by atoms with E-state index in [2.05, 4.69) is 46.0 Å². The maximum absolute atomic E-state index is 5.81. The molecule has 31 heavy (non-hydrogen) atoms. The average Bonchev–Trinajstić information content (AvgIpc) is 3.37. The zero-order valence-electron chi connectivity index (χ0n) is 18.1. The molecule has 0 aliphatic carbocycles. The van der Waals surface area contributed by atoms with Gasteiger partial charge in [-0.2, -0.15) is 0 Å². The summed E-state index contributed by atoms with van der Waals surface area (Å²) in [6, 6.07) is 12.7. The minimum atomic E-state index is 0. The molecule has 0 fully saturated rings. The molecule has 0 saturated heterocycles. The van der Waals surface area contributed by atoms with E-state index in [1.54, 1.807) is 0 Å². The van der Waals surface area contributed by atoms with Crippen LogP contribution in [0.3, 0.4) is 0 Å². The second-order valence-electron chi connectivity index (χ2n) is 7.33. The molecular formula is C22H29IN6OS. The minimum Gasteiger partial charge on any atom is -0.493 e. The number of nitrogens with zero attached hydrogens (tertiary/aromatic N) is 4. The molecule has 7 nitrogen and oxygen atoms in total. The molecule has 3 aromatic rings. The minimum absolute atomic E-state index is 0. The molecule has 0 radical (unpaired) electrons. The van der Waals surface area contributed by atoms with Crippen LogP contribution in [0.5, 0.6) is 5.75 Å². The zero-order valence-corrected chi connectivity index (χ0v) is 21.2. The van der Waals surface area contributed by atoms with Crippen LogP contribution in [0.15, 0.2) is 41.4 Å². The Hall–Kier alpha value is -2.14. The molecule has 0 saturated carbocycles. The van der Waals surface area contributed by atoms with Crippen molar-refractivity contribution in [2.75, 3.05) is 6.61 Å². The summed E-state index contributed by atoms with van der Waals surface area (Å²) in [5.41, 5.74) is 1.16. The molecule has 2 N–H and O–H groups in total.